The number of Topliss-reactive ketones (excluding diaryl/α,β-unsaturated/α-hetero) is 1. The Morgan fingerprint density at radius 3 is 2.91 bits per heavy atom. The molecule has 4 atom stereocenters. The molecule has 2 fully saturated rings. The molecule has 0 aromatic heterocycles. The van der Waals surface area contributed by atoms with Crippen molar-refractivity contribution in [1.29, 1.82) is 0 Å². The maximum Gasteiger partial charge on any atom is 0.136 e. The van der Waals surface area contributed by atoms with E-state index in [2.05, 4.69) is 24.1 Å². The third kappa shape index (κ3) is 1.82. The molecule has 124 valence electrons. The van der Waals surface area contributed by atoms with Crippen LogP contribution >= 0.6 is 0 Å². The van der Waals surface area contributed by atoms with Crippen molar-refractivity contribution in [3.8, 4) is 5.75 Å². The van der Waals surface area contributed by atoms with Crippen molar-refractivity contribution in [1.82, 2.24) is 4.90 Å². The second-order valence-electron chi connectivity index (χ2n) is 7.73. The van der Waals surface area contributed by atoms with E-state index in [1.54, 1.807) is 7.11 Å². The minimum absolute atomic E-state index is 0.0608. The van der Waals surface area contributed by atoms with E-state index in [1.807, 2.05) is 13.0 Å². The number of methoxy groups -OCH3 is 1. The molecule has 4 heteroatoms. The lowest BCUT2D eigenvalue weighted by Gasteiger charge is -2.63. The molecule has 4 nitrogen and oxygen atoms in total. The molecule has 0 spiro atoms. The Labute approximate surface area is 137 Å². The number of rotatable bonds is 1. The van der Waals surface area contributed by atoms with E-state index in [-0.39, 0.29) is 17.7 Å². The number of carbonyl (C=O) groups excluding carboxylic acids is 1. The van der Waals surface area contributed by atoms with E-state index in [9.17, 15) is 9.90 Å². The van der Waals surface area contributed by atoms with E-state index in [0.717, 1.165) is 30.7 Å². The normalized spacial score (nSPS) is 39.6. The van der Waals surface area contributed by atoms with E-state index in [0.29, 0.717) is 12.8 Å². The average Bonchev–Trinajstić information content (AvgIpc) is 2.52. The number of nitrogens with zero attached hydrogens (tertiary/aromatic N) is 1. The molecule has 23 heavy (non-hydrogen) atoms. The van der Waals surface area contributed by atoms with E-state index < -0.39 is 11.0 Å². The smallest absolute Gasteiger partial charge is 0.136 e. The molecule has 1 N–H and O–H groups in total. The molecular formula is C19H25NO3. The number of aliphatic hydroxyl groups is 1. The molecule has 1 aromatic rings. The number of likely N-dealkylation sites (tertiary alicyclic amines) is 1. The molecule has 3 aliphatic rings. The molecule has 4 unspecified atom stereocenters. The van der Waals surface area contributed by atoms with E-state index in [4.69, 9.17) is 4.74 Å². The van der Waals surface area contributed by atoms with Crippen LogP contribution in [0.3, 0.4) is 0 Å². The molecule has 4 rings (SSSR count). The highest BCUT2D eigenvalue weighted by Crippen LogP contribution is 2.58. The summed E-state index contributed by atoms with van der Waals surface area (Å²) in [7, 11) is 3.77. The van der Waals surface area contributed by atoms with E-state index in [1.165, 1.54) is 5.56 Å². The van der Waals surface area contributed by atoms with Crippen molar-refractivity contribution < 1.29 is 14.6 Å². The summed E-state index contributed by atoms with van der Waals surface area (Å²) >= 11 is 0. The Bertz CT molecular complexity index is 673. The Morgan fingerprint density at radius 2 is 2.17 bits per heavy atom. The summed E-state index contributed by atoms with van der Waals surface area (Å²) in [5.41, 5.74) is 1.13. The van der Waals surface area contributed by atoms with Crippen LogP contribution in [0.15, 0.2) is 18.2 Å². The van der Waals surface area contributed by atoms with Crippen LogP contribution in [0.1, 0.15) is 37.3 Å². The fraction of sp³-hybridized carbons (Fsp3) is 0.632. The second kappa shape index (κ2) is 4.81. The van der Waals surface area contributed by atoms with Crippen LogP contribution in [0.4, 0.5) is 0 Å². The molecule has 1 aliphatic heterocycles. The van der Waals surface area contributed by atoms with Crippen LogP contribution < -0.4 is 4.74 Å². The first-order valence-electron chi connectivity index (χ1n) is 8.54. The van der Waals surface area contributed by atoms with Crippen molar-refractivity contribution in [2.75, 3.05) is 20.7 Å². The lowest BCUT2D eigenvalue weighted by Crippen LogP contribution is -2.73. The minimum atomic E-state index is -0.827. The molecule has 1 aromatic carbocycles. The zero-order valence-electron chi connectivity index (χ0n) is 14.1. The SMILES string of the molecule is COc1ccc2c(c1)C13CCN(C)C(C2)C1(O)CC(C)C(=O)C3. The third-order valence-electron chi connectivity index (χ3n) is 6.69. The van der Waals surface area contributed by atoms with Gasteiger partial charge in [0.25, 0.3) is 0 Å². The minimum Gasteiger partial charge on any atom is -0.497 e. The Kier molecular flexibility index (Phi) is 3.17. The Balaban J connectivity index is 1.95. The van der Waals surface area contributed by atoms with Gasteiger partial charge >= 0.3 is 0 Å². The van der Waals surface area contributed by atoms with Crippen molar-refractivity contribution in [3.63, 3.8) is 0 Å². The van der Waals surface area contributed by atoms with Crippen LogP contribution in [0.2, 0.25) is 0 Å². The highest BCUT2D eigenvalue weighted by Gasteiger charge is 2.65. The quantitative estimate of drug-likeness (QED) is 0.860. The number of ketones is 1. The highest BCUT2D eigenvalue weighted by atomic mass is 16.5. The van der Waals surface area contributed by atoms with Gasteiger partial charge in [0.05, 0.1) is 12.7 Å². The Morgan fingerprint density at radius 1 is 1.39 bits per heavy atom. The van der Waals surface area contributed by atoms with Gasteiger partial charge in [-0.05, 0) is 56.1 Å². The zero-order chi connectivity index (χ0) is 16.4. The number of likely N-dealkylation sites (N-methyl/N-ethyl adjacent to an activating group) is 1. The average molecular weight is 315 g/mol. The summed E-state index contributed by atoms with van der Waals surface area (Å²) in [4.78, 5) is 14.9. The fourth-order valence-corrected chi connectivity index (χ4v) is 5.35. The van der Waals surface area contributed by atoms with E-state index >= 15 is 0 Å². The first-order valence-corrected chi connectivity index (χ1v) is 8.54. The first kappa shape index (κ1) is 15.2. The van der Waals surface area contributed by atoms with Gasteiger partial charge < -0.3 is 14.7 Å². The lowest BCUT2D eigenvalue weighted by molar-refractivity contribution is -0.176. The number of piperidine rings is 1. The van der Waals surface area contributed by atoms with Crippen LogP contribution in [-0.4, -0.2) is 48.1 Å². The maximum absolute atomic E-state index is 12.6. The van der Waals surface area contributed by atoms with Gasteiger partial charge in [-0.3, -0.25) is 4.79 Å². The van der Waals surface area contributed by atoms with Crippen molar-refractivity contribution in [2.45, 2.75) is 49.7 Å². The standard InChI is InChI=1S/C19H25NO3/c1-12-10-19(22)17-8-13-4-5-14(23-3)9-15(13)18(19,11-16(12)21)6-7-20(17)2/h4-5,9,12,17,22H,6-8,10-11H2,1-3H3. The Hall–Kier alpha value is -1.39. The maximum atomic E-state index is 12.6. The lowest BCUT2D eigenvalue weighted by atomic mass is 9.48. The monoisotopic (exact) mass is 315 g/mol. The molecule has 1 saturated heterocycles. The number of hydrogen-bond donors (Lipinski definition) is 1. The summed E-state index contributed by atoms with van der Waals surface area (Å²) in [6.45, 7) is 2.88. The van der Waals surface area contributed by atoms with Gasteiger partial charge in [0.15, 0.2) is 0 Å². The third-order valence-corrected chi connectivity index (χ3v) is 6.69. The summed E-state index contributed by atoms with van der Waals surface area (Å²) in [5, 5.41) is 11.8. The van der Waals surface area contributed by atoms with Gasteiger partial charge in [-0.1, -0.05) is 13.0 Å². The second-order valence-corrected chi connectivity index (χ2v) is 7.73. The van der Waals surface area contributed by atoms with Gasteiger partial charge in [0.2, 0.25) is 0 Å². The number of ether oxygens (including phenoxy) is 1. The summed E-state index contributed by atoms with van der Waals surface area (Å²) < 4.78 is 5.42. The van der Waals surface area contributed by atoms with Crippen LogP contribution in [0.25, 0.3) is 0 Å². The topological polar surface area (TPSA) is 49.8 Å². The zero-order valence-corrected chi connectivity index (χ0v) is 14.1. The molecule has 0 amide bonds. The predicted octanol–water partition coefficient (Wildman–Crippen LogP) is 1.92. The highest BCUT2D eigenvalue weighted by molar-refractivity contribution is 5.84. The fourth-order valence-electron chi connectivity index (χ4n) is 5.35. The summed E-state index contributed by atoms with van der Waals surface area (Å²) in [6.07, 6.45) is 2.69. The van der Waals surface area contributed by atoms with Gasteiger partial charge in [-0.15, -0.1) is 0 Å². The summed E-state index contributed by atoms with van der Waals surface area (Å²) in [5.74, 6) is 1.03. The van der Waals surface area contributed by atoms with Gasteiger partial charge in [-0.2, -0.15) is 0 Å². The predicted molar refractivity (Wildman–Crippen MR) is 87.8 cm³/mol. The number of hydrogen-bond acceptors (Lipinski definition) is 4. The van der Waals surface area contributed by atoms with Crippen LogP contribution in [0.5, 0.6) is 5.75 Å². The number of fused-ring (bicyclic) bond motifs is 1. The molecule has 1 saturated carbocycles. The number of carbonyl (C=O) groups is 1. The number of benzene rings is 1. The van der Waals surface area contributed by atoms with Crippen LogP contribution in [0, 0.1) is 5.92 Å². The molecule has 1 heterocycles. The first-order chi connectivity index (χ1) is 10.9. The van der Waals surface area contributed by atoms with Gasteiger partial charge in [-0.25, -0.2) is 0 Å². The van der Waals surface area contributed by atoms with Gasteiger partial charge in [0.1, 0.15) is 11.5 Å². The molecule has 2 bridgehead atoms. The molecular weight excluding hydrogens is 290 g/mol. The van der Waals surface area contributed by atoms with Crippen molar-refractivity contribution in [3.05, 3.63) is 29.3 Å². The van der Waals surface area contributed by atoms with Crippen molar-refractivity contribution in [2.24, 2.45) is 5.92 Å². The van der Waals surface area contributed by atoms with Crippen LogP contribution in [-0.2, 0) is 16.6 Å². The molecule has 0 radical (unpaired) electrons. The van der Waals surface area contributed by atoms with Gasteiger partial charge in [0, 0.05) is 23.8 Å². The summed E-state index contributed by atoms with van der Waals surface area (Å²) in [6, 6.07) is 6.26. The van der Waals surface area contributed by atoms with Crippen molar-refractivity contribution >= 4 is 5.78 Å². The molecule has 2 aliphatic carbocycles. The largest absolute Gasteiger partial charge is 0.497 e.